The lowest BCUT2D eigenvalue weighted by atomic mass is 9.98. The van der Waals surface area contributed by atoms with Crippen molar-refractivity contribution in [2.75, 3.05) is 13.2 Å². The Morgan fingerprint density at radius 2 is 1.63 bits per heavy atom. The Morgan fingerprint density at radius 1 is 0.971 bits per heavy atom. The molecule has 2 fully saturated rings. The molecule has 0 spiro atoms. The molecule has 35 heavy (non-hydrogen) atoms. The molecule has 5 rings (SSSR count). The fraction of sp³-hybridized carbons (Fsp3) is 0.385. The molecule has 1 saturated carbocycles. The minimum atomic E-state index is -1.13. The molecule has 9 nitrogen and oxygen atoms in total. The minimum Gasteiger partial charge on any atom is -0.481 e. The number of hydrogen-bond donors (Lipinski definition) is 4. The van der Waals surface area contributed by atoms with Crippen molar-refractivity contribution in [1.82, 2.24) is 16.0 Å². The number of nitrogens with one attached hydrogen (secondary N) is 3. The second-order valence-electron chi connectivity index (χ2n) is 9.35. The van der Waals surface area contributed by atoms with Crippen LogP contribution in [0.4, 0.5) is 4.79 Å². The fourth-order valence-corrected chi connectivity index (χ4v) is 5.45. The molecular formula is C26H27N3O6. The number of rotatable bonds is 6. The Hall–Kier alpha value is -3.88. The standard InChI is InChI=1S/C26H27N3O6/c30-23(29-22-20(25(32)33)12-27-24(22)31)14-9-10-15(11-14)28-26(34)35-13-21-18-7-3-1-5-16(18)17-6-2-4-8-19(17)21/h1-8,14-15,20-22H,9-13H2,(H,27,31)(H,28,34)(H,29,30)(H,32,33)/t14-,15+,20?,22?/m0/s1. The lowest BCUT2D eigenvalue weighted by molar-refractivity contribution is -0.143. The molecule has 9 heteroatoms. The van der Waals surface area contributed by atoms with E-state index in [1.807, 2.05) is 24.3 Å². The normalized spacial score (nSPS) is 24.9. The van der Waals surface area contributed by atoms with Gasteiger partial charge in [0.2, 0.25) is 11.8 Å². The summed E-state index contributed by atoms with van der Waals surface area (Å²) in [5.41, 5.74) is 4.58. The van der Waals surface area contributed by atoms with Crippen molar-refractivity contribution in [2.24, 2.45) is 11.8 Å². The molecule has 1 saturated heterocycles. The topological polar surface area (TPSA) is 134 Å². The molecule has 0 radical (unpaired) electrons. The third-order valence-corrected chi connectivity index (χ3v) is 7.27. The Balaban J connectivity index is 1.13. The van der Waals surface area contributed by atoms with Crippen LogP contribution >= 0.6 is 0 Å². The van der Waals surface area contributed by atoms with Gasteiger partial charge in [-0.3, -0.25) is 14.4 Å². The predicted molar refractivity (Wildman–Crippen MR) is 125 cm³/mol. The van der Waals surface area contributed by atoms with Gasteiger partial charge in [0.15, 0.2) is 0 Å². The van der Waals surface area contributed by atoms with Gasteiger partial charge < -0.3 is 25.8 Å². The van der Waals surface area contributed by atoms with Crippen LogP contribution in [0.25, 0.3) is 11.1 Å². The number of carboxylic acid groups (broad SMARTS) is 1. The molecule has 2 aromatic rings. The summed E-state index contributed by atoms with van der Waals surface area (Å²) in [7, 11) is 0. The highest BCUT2D eigenvalue weighted by molar-refractivity contribution is 5.95. The second-order valence-corrected chi connectivity index (χ2v) is 9.35. The summed E-state index contributed by atoms with van der Waals surface area (Å²) in [4.78, 5) is 48.4. The van der Waals surface area contributed by atoms with Crippen molar-refractivity contribution < 1.29 is 29.0 Å². The highest BCUT2D eigenvalue weighted by atomic mass is 16.5. The van der Waals surface area contributed by atoms with Gasteiger partial charge in [-0.1, -0.05) is 48.5 Å². The molecule has 2 aromatic carbocycles. The summed E-state index contributed by atoms with van der Waals surface area (Å²) in [6, 6.07) is 14.9. The van der Waals surface area contributed by atoms with Crippen LogP contribution in [-0.2, 0) is 19.1 Å². The van der Waals surface area contributed by atoms with Gasteiger partial charge in [-0.05, 0) is 41.5 Å². The molecule has 182 valence electrons. The van der Waals surface area contributed by atoms with Gasteiger partial charge >= 0.3 is 12.1 Å². The summed E-state index contributed by atoms with van der Waals surface area (Å²) >= 11 is 0. The predicted octanol–water partition coefficient (Wildman–Crippen LogP) is 2.01. The maximum atomic E-state index is 12.7. The minimum absolute atomic E-state index is 0.00422. The van der Waals surface area contributed by atoms with Crippen molar-refractivity contribution in [2.45, 2.75) is 37.3 Å². The van der Waals surface area contributed by atoms with Gasteiger partial charge in [0, 0.05) is 24.4 Å². The lowest BCUT2D eigenvalue weighted by Gasteiger charge is -2.18. The summed E-state index contributed by atoms with van der Waals surface area (Å²) in [6.07, 6.45) is 1.01. The first-order chi connectivity index (χ1) is 16.9. The van der Waals surface area contributed by atoms with Crippen LogP contribution in [0.15, 0.2) is 48.5 Å². The number of hydrogen-bond acceptors (Lipinski definition) is 5. The Bertz CT molecular complexity index is 1140. The molecule has 3 amide bonds. The van der Waals surface area contributed by atoms with E-state index in [2.05, 4.69) is 40.2 Å². The van der Waals surface area contributed by atoms with Gasteiger partial charge in [0.05, 0.1) is 0 Å². The van der Waals surface area contributed by atoms with Crippen molar-refractivity contribution in [3.8, 4) is 11.1 Å². The van der Waals surface area contributed by atoms with E-state index in [9.17, 15) is 24.3 Å². The van der Waals surface area contributed by atoms with E-state index in [0.29, 0.717) is 19.3 Å². The molecule has 2 unspecified atom stereocenters. The number of fused-ring (bicyclic) bond motifs is 3. The molecule has 3 aliphatic rings. The number of aliphatic carboxylic acids is 1. The highest BCUT2D eigenvalue weighted by Crippen LogP contribution is 2.44. The summed E-state index contributed by atoms with van der Waals surface area (Å²) < 4.78 is 5.59. The van der Waals surface area contributed by atoms with E-state index in [1.165, 1.54) is 0 Å². The average molecular weight is 478 g/mol. The lowest BCUT2D eigenvalue weighted by Crippen LogP contribution is -2.47. The maximum Gasteiger partial charge on any atom is 0.407 e. The molecule has 1 aliphatic heterocycles. The summed E-state index contributed by atoms with van der Waals surface area (Å²) in [5, 5.41) is 17.2. The number of alkyl carbamates (subject to hydrolysis) is 1. The monoisotopic (exact) mass is 477 g/mol. The quantitative estimate of drug-likeness (QED) is 0.503. The number of ether oxygens (including phenoxy) is 1. The van der Waals surface area contributed by atoms with E-state index in [0.717, 1.165) is 22.3 Å². The zero-order chi connectivity index (χ0) is 24.5. The first-order valence-corrected chi connectivity index (χ1v) is 11.8. The van der Waals surface area contributed by atoms with Crippen LogP contribution in [0.1, 0.15) is 36.3 Å². The van der Waals surface area contributed by atoms with Crippen LogP contribution in [0.2, 0.25) is 0 Å². The van der Waals surface area contributed by atoms with Crippen molar-refractivity contribution >= 4 is 23.9 Å². The van der Waals surface area contributed by atoms with Crippen molar-refractivity contribution in [3.05, 3.63) is 59.7 Å². The van der Waals surface area contributed by atoms with E-state index in [1.54, 1.807) is 0 Å². The third-order valence-electron chi connectivity index (χ3n) is 7.27. The Labute approximate surface area is 202 Å². The van der Waals surface area contributed by atoms with Gasteiger partial charge in [-0.2, -0.15) is 0 Å². The number of benzene rings is 2. The number of amides is 3. The number of carboxylic acids is 1. The van der Waals surface area contributed by atoms with E-state index >= 15 is 0 Å². The van der Waals surface area contributed by atoms with E-state index in [4.69, 9.17) is 4.74 Å². The van der Waals surface area contributed by atoms with Crippen molar-refractivity contribution in [1.29, 1.82) is 0 Å². The van der Waals surface area contributed by atoms with Crippen LogP contribution < -0.4 is 16.0 Å². The van der Waals surface area contributed by atoms with Gasteiger partial charge in [-0.25, -0.2) is 4.79 Å². The van der Waals surface area contributed by atoms with Crippen LogP contribution in [-0.4, -0.2) is 54.2 Å². The molecule has 0 aromatic heterocycles. The van der Waals surface area contributed by atoms with E-state index in [-0.39, 0.29) is 31.0 Å². The van der Waals surface area contributed by atoms with Gasteiger partial charge in [-0.15, -0.1) is 0 Å². The Morgan fingerprint density at radius 3 is 2.29 bits per heavy atom. The van der Waals surface area contributed by atoms with Crippen molar-refractivity contribution in [3.63, 3.8) is 0 Å². The Kier molecular flexibility index (Phi) is 6.15. The first kappa shape index (κ1) is 22.9. The molecule has 2 aliphatic carbocycles. The second kappa shape index (κ2) is 9.40. The smallest absolute Gasteiger partial charge is 0.407 e. The van der Waals surface area contributed by atoms with E-state index < -0.39 is 35.8 Å². The van der Waals surface area contributed by atoms with Crippen LogP contribution in [0.3, 0.4) is 0 Å². The van der Waals surface area contributed by atoms with Crippen LogP contribution in [0.5, 0.6) is 0 Å². The van der Waals surface area contributed by atoms with Gasteiger partial charge in [0.1, 0.15) is 18.6 Å². The highest BCUT2D eigenvalue weighted by Gasteiger charge is 2.42. The third kappa shape index (κ3) is 4.45. The van der Waals surface area contributed by atoms with Crippen LogP contribution in [0, 0.1) is 11.8 Å². The molecular weight excluding hydrogens is 450 g/mol. The largest absolute Gasteiger partial charge is 0.481 e. The zero-order valence-electron chi connectivity index (χ0n) is 19.0. The summed E-state index contributed by atoms with van der Waals surface area (Å²) in [5.74, 6) is -3.41. The fourth-order valence-electron chi connectivity index (χ4n) is 5.45. The number of carbonyl (C=O) groups excluding carboxylic acids is 3. The molecule has 1 heterocycles. The number of carbonyl (C=O) groups is 4. The molecule has 0 bridgehead atoms. The molecule has 4 atom stereocenters. The first-order valence-electron chi connectivity index (χ1n) is 11.8. The zero-order valence-corrected chi connectivity index (χ0v) is 19.0. The maximum absolute atomic E-state index is 12.7. The average Bonchev–Trinajstić information content (AvgIpc) is 3.54. The molecule has 4 N–H and O–H groups in total. The SMILES string of the molecule is O=C(N[C@@H]1CC[C@H](C(=O)NC2C(=O)NCC2C(=O)O)C1)OCC1c2ccccc2-c2ccccc21. The summed E-state index contributed by atoms with van der Waals surface area (Å²) in [6.45, 7) is 0.208. The van der Waals surface area contributed by atoms with Gasteiger partial charge in [0.25, 0.3) is 0 Å².